The number of rotatable bonds is 7. The second kappa shape index (κ2) is 7.93. The van der Waals surface area contributed by atoms with Gasteiger partial charge in [-0.1, -0.05) is 41.9 Å². The highest BCUT2D eigenvalue weighted by atomic mass is 79.9. The first-order valence-electron chi connectivity index (χ1n) is 6.65. The zero-order valence-electron chi connectivity index (χ0n) is 11.9. The molecule has 0 saturated carbocycles. The summed E-state index contributed by atoms with van der Waals surface area (Å²) in [7, 11) is 2.17. The normalized spacial score (nSPS) is 13.3. The Morgan fingerprint density at radius 3 is 2.61 bits per heavy atom. The molecular formula is C15H25BrN2. The summed E-state index contributed by atoms with van der Waals surface area (Å²) in [4.78, 5) is 2.35. The summed E-state index contributed by atoms with van der Waals surface area (Å²) in [6.07, 6.45) is 0. The molecular weight excluding hydrogens is 288 g/mol. The van der Waals surface area contributed by atoms with Crippen LogP contribution in [0.4, 0.5) is 0 Å². The van der Waals surface area contributed by atoms with Crippen molar-refractivity contribution in [1.82, 2.24) is 10.2 Å². The Bertz CT molecular complexity index is 352. The first-order valence-corrected chi connectivity index (χ1v) is 7.44. The van der Waals surface area contributed by atoms with Crippen LogP contribution in [0.15, 0.2) is 28.7 Å². The Morgan fingerprint density at radius 1 is 1.28 bits per heavy atom. The molecule has 1 atom stereocenters. The predicted octanol–water partition coefficient (Wildman–Crippen LogP) is 3.52. The minimum Gasteiger partial charge on any atom is -0.313 e. The van der Waals surface area contributed by atoms with E-state index in [2.05, 4.69) is 78.2 Å². The van der Waals surface area contributed by atoms with E-state index in [9.17, 15) is 0 Å². The molecule has 1 unspecified atom stereocenters. The molecule has 0 aromatic heterocycles. The number of nitrogens with one attached hydrogen (secondary N) is 1. The minimum absolute atomic E-state index is 0.587. The van der Waals surface area contributed by atoms with Crippen molar-refractivity contribution in [3.05, 3.63) is 34.3 Å². The SMILES string of the molecule is CC(C)C(C)NCCN(C)Cc1cccc(Br)c1. The van der Waals surface area contributed by atoms with Gasteiger partial charge < -0.3 is 10.2 Å². The molecule has 1 rings (SSSR count). The highest BCUT2D eigenvalue weighted by Gasteiger charge is 2.06. The van der Waals surface area contributed by atoms with E-state index in [4.69, 9.17) is 0 Å². The fraction of sp³-hybridized carbons (Fsp3) is 0.600. The molecule has 0 spiro atoms. The topological polar surface area (TPSA) is 15.3 Å². The highest BCUT2D eigenvalue weighted by Crippen LogP contribution is 2.12. The van der Waals surface area contributed by atoms with Crippen molar-refractivity contribution in [1.29, 1.82) is 0 Å². The van der Waals surface area contributed by atoms with E-state index >= 15 is 0 Å². The highest BCUT2D eigenvalue weighted by molar-refractivity contribution is 9.10. The fourth-order valence-electron chi connectivity index (χ4n) is 1.74. The van der Waals surface area contributed by atoms with Crippen molar-refractivity contribution in [2.24, 2.45) is 5.92 Å². The van der Waals surface area contributed by atoms with Gasteiger partial charge in [0.25, 0.3) is 0 Å². The van der Waals surface area contributed by atoms with Crippen LogP contribution >= 0.6 is 15.9 Å². The lowest BCUT2D eigenvalue weighted by molar-refractivity contribution is 0.308. The molecule has 0 fully saturated rings. The summed E-state index contributed by atoms with van der Waals surface area (Å²) in [5.41, 5.74) is 1.35. The number of hydrogen-bond donors (Lipinski definition) is 1. The molecule has 18 heavy (non-hydrogen) atoms. The smallest absolute Gasteiger partial charge is 0.0231 e. The van der Waals surface area contributed by atoms with Gasteiger partial charge in [0.15, 0.2) is 0 Å². The summed E-state index contributed by atoms with van der Waals surface area (Å²) in [5.74, 6) is 0.695. The Kier molecular flexibility index (Phi) is 6.90. The van der Waals surface area contributed by atoms with Gasteiger partial charge in [0.05, 0.1) is 0 Å². The molecule has 0 aliphatic heterocycles. The Morgan fingerprint density at radius 2 is 2.00 bits per heavy atom. The third-order valence-electron chi connectivity index (χ3n) is 3.30. The molecule has 102 valence electrons. The van der Waals surface area contributed by atoms with Crippen LogP contribution in [0.1, 0.15) is 26.3 Å². The molecule has 0 amide bonds. The van der Waals surface area contributed by atoms with Gasteiger partial charge in [0, 0.05) is 30.1 Å². The summed E-state index contributed by atoms with van der Waals surface area (Å²) in [5, 5.41) is 3.56. The number of benzene rings is 1. The van der Waals surface area contributed by atoms with Crippen molar-refractivity contribution in [3.63, 3.8) is 0 Å². The molecule has 1 N–H and O–H groups in total. The molecule has 0 heterocycles. The Balaban J connectivity index is 2.27. The van der Waals surface area contributed by atoms with Crippen LogP contribution in [-0.4, -0.2) is 31.1 Å². The van der Waals surface area contributed by atoms with E-state index in [1.807, 2.05) is 0 Å². The molecule has 1 aromatic carbocycles. The average Bonchev–Trinajstić information content (AvgIpc) is 2.28. The fourth-order valence-corrected chi connectivity index (χ4v) is 2.19. The van der Waals surface area contributed by atoms with Gasteiger partial charge in [-0.05, 0) is 37.6 Å². The average molecular weight is 313 g/mol. The van der Waals surface area contributed by atoms with Gasteiger partial charge in [-0.2, -0.15) is 0 Å². The molecule has 0 aliphatic carbocycles. The lowest BCUT2D eigenvalue weighted by atomic mass is 10.1. The molecule has 2 nitrogen and oxygen atoms in total. The van der Waals surface area contributed by atoms with E-state index in [0.29, 0.717) is 12.0 Å². The van der Waals surface area contributed by atoms with Crippen LogP contribution in [0.3, 0.4) is 0 Å². The molecule has 0 bridgehead atoms. The predicted molar refractivity (Wildman–Crippen MR) is 82.8 cm³/mol. The second-order valence-corrected chi connectivity index (χ2v) is 6.27. The van der Waals surface area contributed by atoms with E-state index in [0.717, 1.165) is 24.1 Å². The van der Waals surface area contributed by atoms with Gasteiger partial charge in [0.1, 0.15) is 0 Å². The largest absolute Gasteiger partial charge is 0.313 e. The monoisotopic (exact) mass is 312 g/mol. The van der Waals surface area contributed by atoms with Crippen LogP contribution in [0.25, 0.3) is 0 Å². The van der Waals surface area contributed by atoms with Gasteiger partial charge in [-0.15, -0.1) is 0 Å². The van der Waals surface area contributed by atoms with Crippen molar-refractivity contribution < 1.29 is 0 Å². The molecule has 3 heteroatoms. The van der Waals surface area contributed by atoms with Crippen molar-refractivity contribution in [2.45, 2.75) is 33.4 Å². The first-order chi connectivity index (χ1) is 8.49. The van der Waals surface area contributed by atoms with Crippen molar-refractivity contribution in [3.8, 4) is 0 Å². The summed E-state index contributed by atoms with van der Waals surface area (Å²) in [6.45, 7) is 9.87. The third-order valence-corrected chi connectivity index (χ3v) is 3.79. The van der Waals surface area contributed by atoms with Gasteiger partial charge >= 0.3 is 0 Å². The number of nitrogens with zero attached hydrogens (tertiary/aromatic N) is 1. The van der Waals surface area contributed by atoms with Crippen LogP contribution < -0.4 is 5.32 Å². The minimum atomic E-state index is 0.587. The first kappa shape index (κ1) is 15.7. The van der Waals surface area contributed by atoms with E-state index in [-0.39, 0.29) is 0 Å². The number of likely N-dealkylation sites (N-methyl/N-ethyl adjacent to an activating group) is 1. The van der Waals surface area contributed by atoms with Crippen molar-refractivity contribution >= 4 is 15.9 Å². The van der Waals surface area contributed by atoms with Crippen LogP contribution in [-0.2, 0) is 6.54 Å². The maximum absolute atomic E-state index is 3.56. The maximum Gasteiger partial charge on any atom is 0.0231 e. The van der Waals surface area contributed by atoms with Crippen LogP contribution in [0.2, 0.25) is 0 Å². The van der Waals surface area contributed by atoms with Crippen LogP contribution in [0, 0.1) is 5.92 Å². The van der Waals surface area contributed by atoms with Crippen LogP contribution in [0.5, 0.6) is 0 Å². The standard InChI is InChI=1S/C15H25BrN2/c1-12(2)13(3)17-8-9-18(4)11-14-6-5-7-15(16)10-14/h5-7,10,12-13,17H,8-9,11H2,1-4H3. The summed E-state index contributed by atoms with van der Waals surface area (Å²) < 4.78 is 1.15. The Hall–Kier alpha value is -0.380. The molecule has 0 radical (unpaired) electrons. The quantitative estimate of drug-likeness (QED) is 0.828. The van der Waals surface area contributed by atoms with Crippen molar-refractivity contribution in [2.75, 3.05) is 20.1 Å². The second-order valence-electron chi connectivity index (χ2n) is 5.35. The van der Waals surface area contributed by atoms with Gasteiger partial charge in [-0.25, -0.2) is 0 Å². The maximum atomic E-state index is 3.56. The third kappa shape index (κ3) is 5.98. The van der Waals surface area contributed by atoms with Gasteiger partial charge in [0.2, 0.25) is 0 Å². The lowest BCUT2D eigenvalue weighted by Crippen LogP contribution is -2.36. The molecule has 0 aliphatic rings. The van der Waals surface area contributed by atoms with E-state index in [1.54, 1.807) is 0 Å². The summed E-state index contributed by atoms with van der Waals surface area (Å²) in [6, 6.07) is 9.10. The lowest BCUT2D eigenvalue weighted by Gasteiger charge is -2.21. The number of halogens is 1. The molecule has 1 aromatic rings. The Labute approximate surface area is 120 Å². The number of hydrogen-bond acceptors (Lipinski definition) is 2. The van der Waals surface area contributed by atoms with Gasteiger partial charge in [-0.3, -0.25) is 0 Å². The molecule has 0 saturated heterocycles. The van der Waals surface area contributed by atoms with E-state index in [1.165, 1.54) is 5.56 Å². The zero-order chi connectivity index (χ0) is 13.5. The summed E-state index contributed by atoms with van der Waals surface area (Å²) >= 11 is 3.51. The zero-order valence-corrected chi connectivity index (χ0v) is 13.5. The van der Waals surface area contributed by atoms with E-state index < -0.39 is 0 Å².